The second-order valence-corrected chi connectivity index (χ2v) is 6.79. The van der Waals surface area contributed by atoms with Gasteiger partial charge in [-0.2, -0.15) is 0 Å². The first-order valence-electron chi connectivity index (χ1n) is 9.84. The van der Waals surface area contributed by atoms with Gasteiger partial charge in [-0.3, -0.25) is 0 Å². The molecule has 1 aliphatic heterocycles. The van der Waals surface area contributed by atoms with E-state index in [2.05, 4.69) is 27.4 Å². The maximum absolute atomic E-state index is 13.2. The van der Waals surface area contributed by atoms with Crippen LogP contribution in [0.25, 0.3) is 0 Å². The van der Waals surface area contributed by atoms with E-state index in [1.165, 1.54) is 51.0 Å². The van der Waals surface area contributed by atoms with Crippen molar-refractivity contribution in [3.05, 3.63) is 30.1 Å². The number of hydrogen-bond donors (Lipinski definition) is 2. The molecule has 0 aliphatic carbocycles. The lowest BCUT2D eigenvalue weighted by Gasteiger charge is -2.16. The second-order valence-electron chi connectivity index (χ2n) is 6.79. The molecule has 0 amide bonds. The molecule has 1 aromatic rings. The fourth-order valence-electron chi connectivity index (χ4n) is 3.04. The minimum atomic E-state index is -0.290. The number of unbranched alkanes of at least 4 members (excludes halogenated alkanes) is 1. The van der Waals surface area contributed by atoms with Crippen molar-refractivity contribution >= 4 is 5.96 Å². The molecule has 0 aromatic heterocycles. The Morgan fingerprint density at radius 3 is 2.81 bits per heavy atom. The number of aliphatic imine (C=N–C) groups is 1. The Morgan fingerprint density at radius 1 is 1.27 bits per heavy atom. The van der Waals surface area contributed by atoms with Gasteiger partial charge in [0.2, 0.25) is 0 Å². The molecule has 0 spiro atoms. The van der Waals surface area contributed by atoms with Crippen molar-refractivity contribution in [3.63, 3.8) is 0 Å². The lowest BCUT2D eigenvalue weighted by molar-refractivity contribution is 0.229. The molecule has 1 heterocycles. The molecule has 1 atom stereocenters. The fraction of sp³-hybridized carbons (Fsp3) is 0.650. The fourth-order valence-corrected chi connectivity index (χ4v) is 3.04. The summed E-state index contributed by atoms with van der Waals surface area (Å²) >= 11 is 0. The normalized spacial score (nSPS) is 16.5. The van der Waals surface area contributed by atoms with Crippen LogP contribution in [-0.2, 0) is 0 Å². The minimum Gasteiger partial charge on any atom is -0.489 e. The van der Waals surface area contributed by atoms with Crippen LogP contribution >= 0.6 is 0 Å². The molecule has 0 bridgehead atoms. The van der Waals surface area contributed by atoms with Gasteiger partial charge >= 0.3 is 0 Å². The van der Waals surface area contributed by atoms with Crippen LogP contribution < -0.4 is 15.4 Å². The summed E-state index contributed by atoms with van der Waals surface area (Å²) in [4.78, 5) is 7.12. The Kier molecular flexibility index (Phi) is 9.24. The molecule has 1 aliphatic rings. The van der Waals surface area contributed by atoms with Gasteiger partial charge in [0.15, 0.2) is 5.96 Å². The predicted molar refractivity (Wildman–Crippen MR) is 105 cm³/mol. The van der Waals surface area contributed by atoms with Crippen molar-refractivity contribution in [3.8, 4) is 5.75 Å². The number of nitrogens with one attached hydrogen (secondary N) is 2. The molecule has 6 heteroatoms. The Morgan fingerprint density at radius 2 is 2.08 bits per heavy atom. The van der Waals surface area contributed by atoms with Crippen LogP contribution in [0.1, 0.15) is 39.5 Å². The molecular weight excluding hydrogens is 331 g/mol. The zero-order valence-corrected chi connectivity index (χ0v) is 16.1. The summed E-state index contributed by atoms with van der Waals surface area (Å²) in [6.07, 6.45) is 4.93. The molecular formula is C20H33FN4O. The van der Waals surface area contributed by atoms with E-state index in [9.17, 15) is 4.39 Å². The van der Waals surface area contributed by atoms with Crippen molar-refractivity contribution in [2.24, 2.45) is 4.99 Å². The quantitative estimate of drug-likeness (QED) is 0.381. The second kappa shape index (κ2) is 11.7. The van der Waals surface area contributed by atoms with Gasteiger partial charge in [0.1, 0.15) is 17.7 Å². The van der Waals surface area contributed by atoms with Crippen LogP contribution in [0.5, 0.6) is 5.75 Å². The Balaban J connectivity index is 1.67. The first kappa shape index (κ1) is 20.5. The number of nitrogens with zero attached hydrogens (tertiary/aromatic N) is 2. The summed E-state index contributed by atoms with van der Waals surface area (Å²) in [6.45, 7) is 9.97. The molecule has 1 fully saturated rings. The Labute approximate surface area is 157 Å². The lowest BCUT2D eigenvalue weighted by Crippen LogP contribution is -2.38. The molecule has 2 N–H and O–H groups in total. The first-order chi connectivity index (χ1) is 12.7. The van der Waals surface area contributed by atoms with E-state index < -0.39 is 0 Å². The zero-order chi connectivity index (χ0) is 18.6. The van der Waals surface area contributed by atoms with Crippen LogP contribution in [0, 0.1) is 5.82 Å². The summed E-state index contributed by atoms with van der Waals surface area (Å²) in [5.74, 6) is 1.05. The van der Waals surface area contributed by atoms with Crippen molar-refractivity contribution in [1.29, 1.82) is 0 Å². The predicted octanol–water partition coefficient (Wildman–Crippen LogP) is 3.02. The maximum atomic E-state index is 13.2. The monoisotopic (exact) mass is 364 g/mol. The molecule has 1 saturated heterocycles. The van der Waals surface area contributed by atoms with Crippen molar-refractivity contribution < 1.29 is 9.13 Å². The third kappa shape index (κ3) is 8.04. The summed E-state index contributed by atoms with van der Waals surface area (Å²) in [5.41, 5.74) is 0. The topological polar surface area (TPSA) is 48.9 Å². The van der Waals surface area contributed by atoms with E-state index in [0.29, 0.717) is 12.3 Å². The molecule has 0 saturated carbocycles. The van der Waals surface area contributed by atoms with Gasteiger partial charge in [-0.1, -0.05) is 6.07 Å². The van der Waals surface area contributed by atoms with Crippen molar-refractivity contribution in [2.75, 3.05) is 39.3 Å². The third-order valence-electron chi connectivity index (χ3n) is 4.38. The van der Waals surface area contributed by atoms with Gasteiger partial charge in [0.05, 0.1) is 6.54 Å². The van der Waals surface area contributed by atoms with Gasteiger partial charge in [0, 0.05) is 19.2 Å². The smallest absolute Gasteiger partial charge is 0.191 e. The molecule has 2 rings (SSSR count). The highest BCUT2D eigenvalue weighted by molar-refractivity contribution is 5.79. The number of rotatable bonds is 10. The van der Waals surface area contributed by atoms with Crippen LogP contribution in [-0.4, -0.2) is 56.2 Å². The van der Waals surface area contributed by atoms with E-state index in [4.69, 9.17) is 4.74 Å². The third-order valence-corrected chi connectivity index (χ3v) is 4.38. The van der Waals surface area contributed by atoms with Crippen LogP contribution in [0.4, 0.5) is 4.39 Å². The molecule has 5 nitrogen and oxygen atoms in total. The molecule has 0 radical (unpaired) electrons. The number of guanidine groups is 1. The van der Waals surface area contributed by atoms with Crippen molar-refractivity contribution in [1.82, 2.24) is 15.5 Å². The van der Waals surface area contributed by atoms with Crippen LogP contribution in [0.3, 0.4) is 0 Å². The minimum absolute atomic E-state index is 0.123. The summed E-state index contributed by atoms with van der Waals surface area (Å²) < 4.78 is 18.9. The average Bonchev–Trinajstić information content (AvgIpc) is 3.12. The highest BCUT2D eigenvalue weighted by Gasteiger charge is 2.10. The molecule has 26 heavy (non-hydrogen) atoms. The zero-order valence-electron chi connectivity index (χ0n) is 16.1. The van der Waals surface area contributed by atoms with E-state index in [1.54, 1.807) is 12.1 Å². The van der Waals surface area contributed by atoms with Crippen LogP contribution in [0.2, 0.25) is 0 Å². The van der Waals surface area contributed by atoms with Crippen LogP contribution in [0.15, 0.2) is 29.3 Å². The van der Waals surface area contributed by atoms with E-state index in [0.717, 1.165) is 25.5 Å². The lowest BCUT2D eigenvalue weighted by atomic mass is 10.3. The molecule has 146 valence electrons. The van der Waals surface area contributed by atoms with E-state index in [-0.39, 0.29) is 11.9 Å². The summed E-state index contributed by atoms with van der Waals surface area (Å²) in [5, 5.41) is 6.64. The standard InChI is InChI=1S/C20H33FN4O/c1-3-22-20(23-11-4-5-12-25-13-6-7-14-25)24-16-17(2)26-19-10-8-9-18(21)15-19/h8-10,15,17H,3-7,11-14,16H2,1-2H3,(H2,22,23,24). The Hall–Kier alpha value is -1.82. The van der Waals surface area contributed by atoms with Gasteiger partial charge < -0.3 is 20.3 Å². The highest BCUT2D eigenvalue weighted by Crippen LogP contribution is 2.13. The van der Waals surface area contributed by atoms with Gasteiger partial charge in [-0.25, -0.2) is 9.38 Å². The largest absolute Gasteiger partial charge is 0.489 e. The highest BCUT2D eigenvalue weighted by atomic mass is 19.1. The van der Waals surface area contributed by atoms with Gasteiger partial charge in [-0.05, 0) is 71.3 Å². The number of likely N-dealkylation sites (tertiary alicyclic amines) is 1. The molecule has 1 aromatic carbocycles. The maximum Gasteiger partial charge on any atom is 0.191 e. The summed E-state index contributed by atoms with van der Waals surface area (Å²) in [6, 6.07) is 6.21. The number of hydrogen-bond acceptors (Lipinski definition) is 3. The summed E-state index contributed by atoms with van der Waals surface area (Å²) in [7, 11) is 0. The number of ether oxygens (including phenoxy) is 1. The van der Waals surface area contributed by atoms with Gasteiger partial charge in [-0.15, -0.1) is 0 Å². The van der Waals surface area contributed by atoms with Gasteiger partial charge in [0.25, 0.3) is 0 Å². The molecule has 1 unspecified atom stereocenters. The number of halogens is 1. The number of benzene rings is 1. The first-order valence-corrected chi connectivity index (χ1v) is 9.84. The SMILES string of the molecule is CCNC(=NCC(C)Oc1cccc(F)c1)NCCCCN1CCCC1. The van der Waals surface area contributed by atoms with Crippen molar-refractivity contribution in [2.45, 2.75) is 45.6 Å². The van der Waals surface area contributed by atoms with E-state index >= 15 is 0 Å². The van der Waals surface area contributed by atoms with E-state index in [1.807, 2.05) is 6.92 Å². The Bertz CT molecular complexity index is 546. The average molecular weight is 365 g/mol.